The number of rotatable bonds is 7. The summed E-state index contributed by atoms with van der Waals surface area (Å²) >= 11 is 2.49. The summed E-state index contributed by atoms with van der Waals surface area (Å²) in [5.74, 6) is -0.206. The molecule has 0 aromatic carbocycles. The number of nitrogens with zero attached hydrogens (tertiary/aromatic N) is 3. The smallest absolute Gasteiger partial charge is 0.324 e. The molecule has 0 atom stereocenters. The molecular formula is C19H24N4O3S2. The maximum absolute atomic E-state index is 13.0. The molecule has 1 fully saturated rings. The first kappa shape index (κ1) is 20.6. The number of thioether (sulfide) groups is 1. The first-order chi connectivity index (χ1) is 13.5. The standard InChI is InChI=1S/C19H24N4O3S2/c1-13-5-7-15(8-6-13)23(11-14-4-2-3-9-20-14)19(26)22-18-21-10-17(28-18)27-12-16(24)25/h2-4,9-10,13,15H,5-8,11-12H2,1H3,(H,24,25)(H,21,22,26). The minimum absolute atomic E-state index is 0.0262. The highest BCUT2D eigenvalue weighted by molar-refractivity contribution is 8.01. The Bertz CT molecular complexity index is 791. The second kappa shape index (κ2) is 9.88. The van der Waals surface area contributed by atoms with Gasteiger partial charge in [0.2, 0.25) is 0 Å². The number of anilines is 1. The van der Waals surface area contributed by atoms with Gasteiger partial charge in [0.1, 0.15) is 0 Å². The van der Waals surface area contributed by atoms with Gasteiger partial charge in [0.05, 0.1) is 28.4 Å². The average molecular weight is 421 g/mol. The lowest BCUT2D eigenvalue weighted by Gasteiger charge is -2.35. The molecule has 150 valence electrons. The van der Waals surface area contributed by atoms with Gasteiger partial charge in [-0.05, 0) is 43.7 Å². The van der Waals surface area contributed by atoms with E-state index in [0.29, 0.717) is 17.6 Å². The van der Waals surface area contributed by atoms with Gasteiger partial charge in [-0.15, -0.1) is 11.8 Å². The normalized spacial score (nSPS) is 19.2. The number of hydrogen-bond donors (Lipinski definition) is 2. The number of aromatic nitrogens is 2. The van der Waals surface area contributed by atoms with E-state index < -0.39 is 5.97 Å². The Morgan fingerprint density at radius 1 is 1.29 bits per heavy atom. The molecule has 0 unspecified atom stereocenters. The van der Waals surface area contributed by atoms with Gasteiger partial charge < -0.3 is 10.0 Å². The van der Waals surface area contributed by atoms with Gasteiger partial charge in [-0.25, -0.2) is 9.78 Å². The van der Waals surface area contributed by atoms with E-state index in [-0.39, 0.29) is 17.8 Å². The van der Waals surface area contributed by atoms with Crippen molar-refractivity contribution in [1.82, 2.24) is 14.9 Å². The van der Waals surface area contributed by atoms with Crippen LogP contribution in [-0.4, -0.2) is 43.8 Å². The van der Waals surface area contributed by atoms with Crippen molar-refractivity contribution >= 4 is 40.2 Å². The molecule has 2 N–H and O–H groups in total. The second-order valence-corrected chi connectivity index (χ2v) is 9.27. The highest BCUT2D eigenvalue weighted by Gasteiger charge is 2.28. The van der Waals surface area contributed by atoms with Crippen molar-refractivity contribution in [3.63, 3.8) is 0 Å². The van der Waals surface area contributed by atoms with Crippen LogP contribution in [0, 0.1) is 5.92 Å². The Labute approximate surface area is 172 Å². The average Bonchev–Trinajstić information content (AvgIpc) is 3.13. The van der Waals surface area contributed by atoms with E-state index in [9.17, 15) is 9.59 Å². The van der Waals surface area contributed by atoms with Gasteiger partial charge in [0.25, 0.3) is 0 Å². The molecule has 0 radical (unpaired) electrons. The number of aliphatic carboxylic acids is 1. The first-order valence-electron chi connectivity index (χ1n) is 9.29. The third-order valence-corrected chi connectivity index (χ3v) is 6.87. The predicted molar refractivity (Wildman–Crippen MR) is 111 cm³/mol. The molecular weight excluding hydrogens is 396 g/mol. The van der Waals surface area contributed by atoms with Crippen LogP contribution < -0.4 is 5.32 Å². The van der Waals surface area contributed by atoms with Crippen molar-refractivity contribution in [3.8, 4) is 0 Å². The zero-order valence-corrected chi connectivity index (χ0v) is 17.3. The Morgan fingerprint density at radius 3 is 2.75 bits per heavy atom. The van der Waals surface area contributed by atoms with Crippen LogP contribution in [0.2, 0.25) is 0 Å². The number of amides is 2. The molecule has 1 aliphatic rings. The van der Waals surface area contributed by atoms with Gasteiger partial charge >= 0.3 is 12.0 Å². The molecule has 1 saturated carbocycles. The summed E-state index contributed by atoms with van der Waals surface area (Å²) < 4.78 is 0.764. The molecule has 0 saturated heterocycles. The van der Waals surface area contributed by atoms with E-state index in [1.807, 2.05) is 23.1 Å². The molecule has 2 aromatic heterocycles. The number of urea groups is 1. The van der Waals surface area contributed by atoms with Crippen molar-refractivity contribution in [2.75, 3.05) is 11.1 Å². The Morgan fingerprint density at radius 2 is 2.07 bits per heavy atom. The highest BCUT2D eigenvalue weighted by atomic mass is 32.2. The van der Waals surface area contributed by atoms with Crippen LogP contribution in [0.4, 0.5) is 9.93 Å². The third kappa shape index (κ3) is 5.93. The molecule has 2 aromatic rings. The van der Waals surface area contributed by atoms with E-state index in [0.717, 1.165) is 35.6 Å². The fourth-order valence-corrected chi connectivity index (χ4v) is 4.85. The molecule has 0 bridgehead atoms. The molecule has 2 heterocycles. The zero-order valence-electron chi connectivity index (χ0n) is 15.7. The van der Waals surface area contributed by atoms with Crippen molar-refractivity contribution in [1.29, 1.82) is 0 Å². The lowest BCUT2D eigenvalue weighted by atomic mass is 9.86. The molecule has 0 spiro atoms. The fourth-order valence-electron chi connectivity index (χ4n) is 3.27. The van der Waals surface area contributed by atoms with Crippen molar-refractivity contribution < 1.29 is 14.7 Å². The van der Waals surface area contributed by atoms with Crippen LogP contribution in [0.15, 0.2) is 34.8 Å². The predicted octanol–water partition coefficient (Wildman–Crippen LogP) is 4.33. The largest absolute Gasteiger partial charge is 0.481 e. The summed E-state index contributed by atoms with van der Waals surface area (Å²) in [6, 6.07) is 5.71. The molecule has 7 nitrogen and oxygen atoms in total. The quantitative estimate of drug-likeness (QED) is 0.648. The molecule has 0 aliphatic heterocycles. The monoisotopic (exact) mass is 420 g/mol. The number of nitrogens with one attached hydrogen (secondary N) is 1. The summed E-state index contributed by atoms with van der Waals surface area (Å²) in [5, 5.41) is 12.1. The SMILES string of the molecule is CC1CCC(N(Cc2ccccn2)C(=O)Nc2ncc(SCC(=O)O)s2)CC1. The first-order valence-corrected chi connectivity index (χ1v) is 11.1. The van der Waals surface area contributed by atoms with Crippen LogP contribution >= 0.6 is 23.1 Å². The number of carboxylic acids is 1. The van der Waals surface area contributed by atoms with E-state index in [2.05, 4.69) is 22.2 Å². The van der Waals surface area contributed by atoms with Crippen molar-refractivity contribution in [3.05, 3.63) is 36.3 Å². The summed E-state index contributed by atoms with van der Waals surface area (Å²) in [7, 11) is 0. The Hall–Kier alpha value is -2.13. The van der Waals surface area contributed by atoms with Gasteiger partial charge in [-0.3, -0.25) is 15.1 Å². The number of pyridine rings is 1. The molecule has 28 heavy (non-hydrogen) atoms. The highest BCUT2D eigenvalue weighted by Crippen LogP contribution is 2.30. The fraction of sp³-hybridized carbons (Fsp3) is 0.474. The third-order valence-electron chi connectivity index (χ3n) is 4.78. The van der Waals surface area contributed by atoms with E-state index in [1.54, 1.807) is 12.4 Å². The van der Waals surface area contributed by atoms with Gasteiger partial charge in [0.15, 0.2) is 5.13 Å². The molecule has 2 amide bonds. The maximum atomic E-state index is 13.0. The number of carbonyl (C=O) groups is 2. The number of carbonyl (C=O) groups excluding carboxylic acids is 1. The number of thiazole rings is 1. The van der Waals surface area contributed by atoms with E-state index in [4.69, 9.17) is 5.11 Å². The number of hydrogen-bond acceptors (Lipinski definition) is 6. The van der Waals surface area contributed by atoms with Gasteiger partial charge in [-0.1, -0.05) is 24.3 Å². The van der Waals surface area contributed by atoms with Crippen molar-refractivity contribution in [2.45, 2.75) is 49.4 Å². The lowest BCUT2D eigenvalue weighted by Crippen LogP contribution is -2.44. The Kier molecular flexibility index (Phi) is 7.27. The topological polar surface area (TPSA) is 95.4 Å². The summed E-state index contributed by atoms with van der Waals surface area (Å²) in [5.41, 5.74) is 0.855. The summed E-state index contributed by atoms with van der Waals surface area (Å²) in [6.45, 7) is 2.71. The second-order valence-electron chi connectivity index (χ2n) is 6.96. The molecule has 1 aliphatic carbocycles. The van der Waals surface area contributed by atoms with Crippen molar-refractivity contribution in [2.24, 2.45) is 5.92 Å². The van der Waals surface area contributed by atoms with E-state index in [1.165, 1.54) is 23.1 Å². The molecule has 9 heteroatoms. The summed E-state index contributed by atoms with van der Waals surface area (Å²) in [6.07, 6.45) is 7.53. The minimum atomic E-state index is -0.878. The van der Waals surface area contributed by atoms with Gasteiger partial charge in [-0.2, -0.15) is 0 Å². The Balaban J connectivity index is 1.68. The maximum Gasteiger partial charge on any atom is 0.324 e. The summed E-state index contributed by atoms with van der Waals surface area (Å²) in [4.78, 5) is 34.2. The minimum Gasteiger partial charge on any atom is -0.481 e. The van der Waals surface area contributed by atoms with Crippen LogP contribution in [0.3, 0.4) is 0 Å². The van der Waals surface area contributed by atoms with Crippen LogP contribution in [0.25, 0.3) is 0 Å². The van der Waals surface area contributed by atoms with Crippen LogP contribution in [0.5, 0.6) is 0 Å². The van der Waals surface area contributed by atoms with Gasteiger partial charge in [0, 0.05) is 12.2 Å². The van der Waals surface area contributed by atoms with Crippen LogP contribution in [0.1, 0.15) is 38.3 Å². The molecule has 3 rings (SSSR count). The van der Waals surface area contributed by atoms with Crippen LogP contribution in [-0.2, 0) is 11.3 Å². The lowest BCUT2D eigenvalue weighted by molar-refractivity contribution is -0.133. The number of carboxylic acid groups (broad SMARTS) is 1. The zero-order chi connectivity index (χ0) is 19.9. The van der Waals surface area contributed by atoms with E-state index >= 15 is 0 Å².